The van der Waals surface area contributed by atoms with E-state index in [1.807, 2.05) is 0 Å². The largest absolute Gasteiger partial charge is 0.0940 e. The zero-order valence-corrected chi connectivity index (χ0v) is 15.4. The van der Waals surface area contributed by atoms with E-state index in [9.17, 15) is 0 Å². The number of azide groups is 2. The van der Waals surface area contributed by atoms with Crippen LogP contribution in [0.4, 0.5) is 0 Å². The van der Waals surface area contributed by atoms with E-state index in [0.29, 0.717) is 13.1 Å². The zero-order valence-electron chi connectivity index (χ0n) is 15.4. The molecule has 6 nitrogen and oxygen atoms in total. The van der Waals surface area contributed by atoms with Gasteiger partial charge in [0.15, 0.2) is 0 Å². The van der Waals surface area contributed by atoms with Crippen LogP contribution in [0.5, 0.6) is 0 Å². The van der Waals surface area contributed by atoms with Crippen LogP contribution >= 0.6 is 0 Å². The molecule has 0 saturated heterocycles. The van der Waals surface area contributed by atoms with E-state index in [-0.39, 0.29) is 0 Å². The lowest BCUT2D eigenvalue weighted by Gasteiger charge is -2.03. The van der Waals surface area contributed by atoms with E-state index in [2.05, 4.69) is 20.1 Å². The Kier molecular flexibility index (Phi) is 20.4. The fraction of sp³-hybridized carbons (Fsp3) is 1.00. The van der Waals surface area contributed by atoms with Gasteiger partial charge in [0.25, 0.3) is 0 Å². The molecule has 6 heteroatoms. The lowest BCUT2D eigenvalue weighted by Crippen LogP contribution is -1.85. The van der Waals surface area contributed by atoms with E-state index < -0.39 is 0 Å². The lowest BCUT2D eigenvalue weighted by atomic mass is 10.0. The maximum absolute atomic E-state index is 8.16. The molecule has 0 aromatic heterocycles. The van der Waals surface area contributed by atoms with Crippen molar-refractivity contribution in [2.75, 3.05) is 13.1 Å². The summed E-state index contributed by atoms with van der Waals surface area (Å²) < 4.78 is 0. The average Bonchev–Trinajstić information content (AvgIpc) is 2.60. The first-order chi connectivity index (χ1) is 11.9. The van der Waals surface area contributed by atoms with Crippen LogP contribution in [0.1, 0.15) is 103 Å². The van der Waals surface area contributed by atoms with Gasteiger partial charge in [-0.15, -0.1) is 0 Å². The van der Waals surface area contributed by atoms with Gasteiger partial charge in [-0.25, -0.2) is 0 Å². The zero-order chi connectivity index (χ0) is 17.6. The Labute approximate surface area is 147 Å². The molecule has 0 aromatic rings. The first-order valence-electron chi connectivity index (χ1n) is 9.93. The van der Waals surface area contributed by atoms with Gasteiger partial charge in [0.2, 0.25) is 0 Å². The average molecular weight is 337 g/mol. The molecule has 0 radical (unpaired) electrons. The Morgan fingerprint density at radius 1 is 0.375 bits per heavy atom. The lowest BCUT2D eigenvalue weighted by molar-refractivity contribution is 0.529. The summed E-state index contributed by atoms with van der Waals surface area (Å²) in [4.78, 5) is 5.53. The van der Waals surface area contributed by atoms with E-state index >= 15 is 0 Å². The van der Waals surface area contributed by atoms with Crippen LogP contribution in [-0.4, -0.2) is 13.1 Å². The molecule has 0 aromatic carbocycles. The van der Waals surface area contributed by atoms with Gasteiger partial charge in [-0.3, -0.25) is 0 Å². The van der Waals surface area contributed by atoms with Crippen molar-refractivity contribution in [2.24, 2.45) is 10.2 Å². The third-order valence-corrected chi connectivity index (χ3v) is 4.39. The Morgan fingerprint density at radius 3 is 0.792 bits per heavy atom. The van der Waals surface area contributed by atoms with Crippen molar-refractivity contribution in [3.8, 4) is 0 Å². The van der Waals surface area contributed by atoms with Crippen molar-refractivity contribution < 1.29 is 0 Å². The van der Waals surface area contributed by atoms with Crippen LogP contribution in [-0.2, 0) is 0 Å². The van der Waals surface area contributed by atoms with E-state index in [4.69, 9.17) is 11.1 Å². The monoisotopic (exact) mass is 336 g/mol. The van der Waals surface area contributed by atoms with E-state index in [1.165, 1.54) is 89.9 Å². The first kappa shape index (κ1) is 22.6. The highest BCUT2D eigenvalue weighted by Crippen LogP contribution is 2.13. The molecule has 0 N–H and O–H groups in total. The van der Waals surface area contributed by atoms with Crippen molar-refractivity contribution in [1.29, 1.82) is 0 Å². The third-order valence-electron chi connectivity index (χ3n) is 4.39. The number of nitrogens with zero attached hydrogens (tertiary/aromatic N) is 6. The van der Waals surface area contributed by atoms with E-state index in [1.54, 1.807) is 0 Å². The van der Waals surface area contributed by atoms with Crippen molar-refractivity contribution >= 4 is 0 Å². The minimum Gasteiger partial charge on any atom is -0.0940 e. The van der Waals surface area contributed by atoms with Crippen molar-refractivity contribution in [3.63, 3.8) is 0 Å². The summed E-state index contributed by atoms with van der Waals surface area (Å²) in [5.74, 6) is 0. The van der Waals surface area contributed by atoms with Gasteiger partial charge in [-0.05, 0) is 23.9 Å². The van der Waals surface area contributed by atoms with Gasteiger partial charge in [0.1, 0.15) is 0 Å². The smallest absolute Gasteiger partial charge is 0.0257 e. The van der Waals surface area contributed by atoms with Crippen LogP contribution in [0.15, 0.2) is 10.2 Å². The molecule has 138 valence electrons. The number of hydrogen-bond acceptors (Lipinski definition) is 2. The highest BCUT2D eigenvalue weighted by atomic mass is 15.1. The molecule has 0 spiro atoms. The summed E-state index contributed by atoms with van der Waals surface area (Å²) in [6, 6.07) is 0. The van der Waals surface area contributed by atoms with Gasteiger partial charge in [-0.2, -0.15) is 0 Å². The van der Waals surface area contributed by atoms with Gasteiger partial charge < -0.3 is 0 Å². The number of rotatable bonds is 19. The second-order valence-corrected chi connectivity index (χ2v) is 6.57. The fourth-order valence-corrected chi connectivity index (χ4v) is 2.93. The van der Waals surface area contributed by atoms with Gasteiger partial charge >= 0.3 is 0 Å². The summed E-state index contributed by atoms with van der Waals surface area (Å²) in [5.41, 5.74) is 16.3. The third kappa shape index (κ3) is 20.6. The highest BCUT2D eigenvalue weighted by molar-refractivity contribution is 4.52. The summed E-state index contributed by atoms with van der Waals surface area (Å²) in [6.07, 6.45) is 20.7. The van der Waals surface area contributed by atoms with Crippen molar-refractivity contribution in [2.45, 2.75) is 103 Å². The maximum Gasteiger partial charge on any atom is 0.0257 e. The molecule has 0 saturated carbocycles. The van der Waals surface area contributed by atoms with Crippen LogP contribution in [0.3, 0.4) is 0 Å². The normalized spacial score (nSPS) is 10.2. The molecule has 0 bridgehead atoms. The van der Waals surface area contributed by atoms with Gasteiger partial charge in [0.05, 0.1) is 0 Å². The quantitative estimate of drug-likeness (QED) is 0.0992. The molecule has 0 atom stereocenters. The fourth-order valence-electron chi connectivity index (χ4n) is 2.93. The number of unbranched alkanes of at least 4 members (excludes halogenated alkanes) is 15. The Morgan fingerprint density at radius 2 is 0.583 bits per heavy atom. The summed E-state index contributed by atoms with van der Waals surface area (Å²) in [7, 11) is 0. The Bertz CT molecular complexity index is 311. The second-order valence-electron chi connectivity index (χ2n) is 6.57. The molecular weight excluding hydrogens is 300 g/mol. The molecule has 24 heavy (non-hydrogen) atoms. The minimum absolute atomic E-state index is 0.659. The molecule has 0 heterocycles. The SMILES string of the molecule is [N-]=[N+]=NCCCCCCCCCCCCCCCCCCN=[N+]=[N-]. The Hall–Kier alpha value is -1.38. The maximum atomic E-state index is 8.16. The standard InChI is InChI=1S/C18H36N6/c19-23-21-17-15-13-11-9-7-5-3-1-2-4-6-8-10-12-14-16-18-22-24-20/h1-18H2. The molecule has 0 fully saturated rings. The van der Waals surface area contributed by atoms with Crippen LogP contribution in [0, 0.1) is 0 Å². The van der Waals surface area contributed by atoms with Crippen LogP contribution in [0.25, 0.3) is 20.9 Å². The molecule has 0 unspecified atom stereocenters. The second kappa shape index (κ2) is 21.6. The molecule has 0 aliphatic heterocycles. The summed E-state index contributed by atoms with van der Waals surface area (Å²) >= 11 is 0. The highest BCUT2D eigenvalue weighted by Gasteiger charge is 1.94. The summed E-state index contributed by atoms with van der Waals surface area (Å²) in [6.45, 7) is 1.32. The van der Waals surface area contributed by atoms with E-state index in [0.717, 1.165) is 12.8 Å². The topological polar surface area (TPSA) is 97.5 Å². The molecule has 0 rings (SSSR count). The molecule has 0 aliphatic rings. The minimum atomic E-state index is 0.659. The molecule has 0 aliphatic carbocycles. The van der Waals surface area contributed by atoms with Gasteiger partial charge in [-0.1, -0.05) is 100 Å². The molecular formula is C18H36N6. The predicted molar refractivity (Wildman–Crippen MR) is 102 cm³/mol. The molecule has 0 amide bonds. The predicted octanol–water partition coefficient (Wildman–Crippen LogP) is 7.85. The first-order valence-corrected chi connectivity index (χ1v) is 9.93. The van der Waals surface area contributed by atoms with Crippen LogP contribution < -0.4 is 0 Å². The van der Waals surface area contributed by atoms with Gasteiger partial charge in [0, 0.05) is 22.9 Å². The Balaban J connectivity index is 3.00. The van der Waals surface area contributed by atoms with Crippen molar-refractivity contribution in [1.82, 2.24) is 0 Å². The summed E-state index contributed by atoms with van der Waals surface area (Å²) in [5, 5.41) is 7.10. The number of hydrogen-bond donors (Lipinski definition) is 0. The van der Waals surface area contributed by atoms with Crippen LogP contribution in [0.2, 0.25) is 0 Å². The van der Waals surface area contributed by atoms with Crippen molar-refractivity contribution in [3.05, 3.63) is 20.9 Å².